The van der Waals surface area contributed by atoms with Crippen LogP contribution in [0.1, 0.15) is 113 Å². The van der Waals surface area contributed by atoms with E-state index in [-0.39, 0.29) is 78.3 Å². The normalized spacial score (nSPS) is 50.7. The summed E-state index contributed by atoms with van der Waals surface area (Å²) in [7, 11) is -5.13. The van der Waals surface area contributed by atoms with Crippen LogP contribution in [0.4, 0.5) is 0 Å². The molecule has 0 amide bonds. The van der Waals surface area contributed by atoms with Gasteiger partial charge in [-0.05, 0) is 113 Å². The number of fused-ring (bicyclic) bond motifs is 5. The smallest absolute Gasteiger partial charge is 0.726 e. The van der Waals surface area contributed by atoms with E-state index < -0.39 is 206 Å². The Morgan fingerprint density at radius 1 is 0.663 bits per heavy atom. The van der Waals surface area contributed by atoms with E-state index in [1.807, 2.05) is 13.8 Å². The Kier molecular flexibility index (Phi) is 23.0. The first-order valence-corrected chi connectivity index (χ1v) is 31.2. The van der Waals surface area contributed by atoms with Gasteiger partial charge in [-0.1, -0.05) is 39.3 Å². The molecule has 8 fully saturated rings. The van der Waals surface area contributed by atoms with Gasteiger partial charge in [0.1, 0.15) is 103 Å². The zero-order valence-corrected chi connectivity index (χ0v) is 52.9. The van der Waals surface area contributed by atoms with Crippen molar-refractivity contribution in [1.82, 2.24) is 0 Å². The second-order valence-electron chi connectivity index (χ2n) is 26.6. The van der Waals surface area contributed by atoms with Crippen molar-refractivity contribution in [2.45, 2.75) is 278 Å². The third-order valence-electron chi connectivity index (χ3n) is 20.3. The van der Waals surface area contributed by atoms with Crippen molar-refractivity contribution in [2.75, 3.05) is 13.2 Å². The molecule has 13 N–H and O–H groups in total. The molecule has 33 atom stereocenters. The molecule has 28 nitrogen and oxygen atoms in total. The van der Waals surface area contributed by atoms with Crippen LogP contribution in [0.25, 0.3) is 0 Å². The maximum absolute atomic E-state index is 13.2. The zero-order chi connectivity index (χ0) is 62.3. The van der Waals surface area contributed by atoms with E-state index in [2.05, 4.69) is 19.9 Å². The van der Waals surface area contributed by atoms with Gasteiger partial charge in [0.15, 0.2) is 31.5 Å². The number of carbonyl (C=O) groups is 1. The van der Waals surface area contributed by atoms with Crippen molar-refractivity contribution in [1.29, 1.82) is 0 Å². The minimum Gasteiger partial charge on any atom is -0.726 e. The monoisotopic (exact) mass is 1270 g/mol. The van der Waals surface area contributed by atoms with Crippen LogP contribution < -0.4 is 29.6 Å². The summed E-state index contributed by atoms with van der Waals surface area (Å²) in [6.45, 7) is 12.5. The number of hydrogen-bond donors (Lipinski definition) is 13. The Bertz CT molecular complexity index is 2430. The average Bonchev–Trinajstić information content (AvgIpc) is 1.30. The number of hydrogen-bond acceptors (Lipinski definition) is 28. The predicted octanol–water partition coefficient (Wildman–Crippen LogP) is -6.02. The first-order chi connectivity index (χ1) is 39.7. The van der Waals surface area contributed by atoms with Gasteiger partial charge < -0.3 is 118 Å². The van der Waals surface area contributed by atoms with E-state index in [0.717, 1.165) is 5.57 Å². The van der Waals surface area contributed by atoms with Crippen molar-refractivity contribution in [3.63, 3.8) is 0 Å². The van der Waals surface area contributed by atoms with Crippen molar-refractivity contribution < 1.29 is 165 Å². The summed E-state index contributed by atoms with van der Waals surface area (Å²) in [5, 5.41) is 145. The molecule has 0 spiro atoms. The minimum atomic E-state index is -5.13. The van der Waals surface area contributed by atoms with Crippen LogP contribution >= 0.6 is 0 Å². The number of carbonyl (C=O) groups excluding carboxylic acids is 1. The number of ether oxygens (including phenoxy) is 10. The first-order valence-electron chi connectivity index (χ1n) is 29.9. The molecule has 0 radical (unpaired) electrons. The van der Waals surface area contributed by atoms with Crippen molar-refractivity contribution in [3.05, 3.63) is 11.6 Å². The number of Topliss-reactive ketones (excluding diaryl/α,β-unsaturated/α-hetero) is 1. The van der Waals surface area contributed by atoms with Crippen LogP contribution in [0.15, 0.2) is 11.6 Å². The van der Waals surface area contributed by atoms with Gasteiger partial charge in [-0.2, -0.15) is 0 Å². The number of rotatable bonds is 18. The van der Waals surface area contributed by atoms with Crippen LogP contribution in [-0.2, 0) is 66.7 Å². The van der Waals surface area contributed by atoms with E-state index in [4.69, 9.17) is 51.6 Å². The van der Waals surface area contributed by atoms with Crippen molar-refractivity contribution in [2.24, 2.45) is 40.4 Å². The molecule has 4 aliphatic carbocycles. The summed E-state index contributed by atoms with van der Waals surface area (Å²) in [5.74, 6) is -0.864. The van der Waals surface area contributed by atoms with Gasteiger partial charge in [0.05, 0.1) is 49.3 Å². The SMILES string of the molecule is CC(C)CC(=O)C[C@](C)(O)[C@H]1CC[C@H]2[C@@H]3C[C@H](O[C@@H]4O[C@H](C)[C@@H](O)[C@H](O[C@@H]5OC[C@@H](O[C@@H]6O[C@H](CO)[C@H](O)[C@H](O)[C@H]6O[C@@H]6O[C@H](C)[C@H](O)[C@H](O)[C@H]6O)[C@H](O)[C@H]5O[C@@H]5O[C@H](C)[C@@H](O)[C@H](O)[C@H]5O)[C@H]4O)C4C[C@@H](OS(=O)(=O)[O-])CC[C@]4(C)C3=CC[C@@]21C.[Na+]. The summed E-state index contributed by atoms with van der Waals surface area (Å²) in [6.07, 6.45) is -37.5. The third-order valence-corrected chi connectivity index (χ3v) is 20.8. The van der Waals surface area contributed by atoms with Gasteiger partial charge in [-0.25, -0.2) is 8.42 Å². The van der Waals surface area contributed by atoms with E-state index >= 15 is 0 Å². The fourth-order valence-corrected chi connectivity index (χ4v) is 16.3. The van der Waals surface area contributed by atoms with E-state index in [1.54, 1.807) is 6.92 Å². The molecule has 0 aromatic carbocycles. The fourth-order valence-electron chi connectivity index (χ4n) is 15.8. The van der Waals surface area contributed by atoms with Gasteiger partial charge in [0.25, 0.3) is 0 Å². The summed E-state index contributed by atoms with van der Waals surface area (Å²) < 4.78 is 102. The molecule has 5 saturated heterocycles. The Hall–Kier alpha value is -0.640. The second kappa shape index (κ2) is 27.7. The standard InChI is InChI=1S/C56H92O28S.Na/c1-21(2)15-25(58)18-56(8,70)34-10-9-28-27-17-31(30-16-26(84-85(71,72)73)11-13-54(30,6)29(27)12-14-55(28,34)7)78-51-45(69)46(37(61)24(5)77-51)81-52-47(82-49-43(67)40(64)35(59)22(3)75-49)39(63)33(20-74-52)80-53-48(42(66)38(62)32(19-57)79-53)83-50-44(68)41(65)36(60)23(4)76-50;/h12,21-24,26-28,30-53,57,59-70H,9-11,13-20H2,1-8H3,(H,71,72,73);/q;+1/p-1/t22-,23-,24-,26+,27+,28+,30?,31+,32-,33-,34+,35-,36+,37-,38+,39+,40+,41+,42+,43-,44-,45-,46+,47-,48-,49+,50+,51+,52+,53+,54-,55+,56+;/m1./s1. The maximum atomic E-state index is 13.2. The predicted molar refractivity (Wildman–Crippen MR) is 284 cm³/mol. The van der Waals surface area contributed by atoms with E-state index in [0.29, 0.717) is 38.5 Å². The van der Waals surface area contributed by atoms with Gasteiger partial charge in [-0.3, -0.25) is 8.98 Å². The van der Waals surface area contributed by atoms with E-state index in [9.17, 15) is 84.1 Å². The molecule has 5 aliphatic heterocycles. The molecule has 0 aromatic heterocycles. The summed E-state index contributed by atoms with van der Waals surface area (Å²) in [6, 6.07) is 0. The first kappa shape index (κ1) is 71.2. The molecule has 9 rings (SSSR count). The molecule has 86 heavy (non-hydrogen) atoms. The van der Waals surface area contributed by atoms with Crippen LogP contribution in [0, 0.1) is 40.4 Å². The molecule has 9 aliphatic rings. The largest absolute Gasteiger partial charge is 1.00 e. The van der Waals surface area contributed by atoms with Crippen molar-refractivity contribution >= 4 is 16.2 Å². The number of aliphatic hydroxyl groups excluding tert-OH is 12. The zero-order valence-electron chi connectivity index (χ0n) is 50.1. The maximum Gasteiger partial charge on any atom is 1.00 e. The van der Waals surface area contributed by atoms with E-state index in [1.165, 1.54) is 20.8 Å². The Morgan fingerprint density at radius 3 is 1.78 bits per heavy atom. The Balaban J connectivity index is 0.00000961. The molecule has 30 heteroatoms. The van der Waals surface area contributed by atoms with Gasteiger partial charge >= 0.3 is 29.6 Å². The molecule has 490 valence electrons. The molecule has 3 saturated carbocycles. The molecule has 0 bridgehead atoms. The van der Waals surface area contributed by atoms with Gasteiger partial charge in [-0.15, -0.1) is 0 Å². The number of aliphatic hydroxyl groups is 13. The number of allylic oxidation sites excluding steroid dienone is 2. The second-order valence-corrected chi connectivity index (χ2v) is 27.7. The van der Waals surface area contributed by atoms with Gasteiger partial charge in [0, 0.05) is 12.8 Å². The molecular weight excluding hydrogens is 1180 g/mol. The third kappa shape index (κ3) is 14.2. The molecular formula is C56H91NaO28S. The minimum absolute atomic E-state index is 0. The van der Waals surface area contributed by atoms with Crippen LogP contribution in [0.3, 0.4) is 0 Å². The van der Waals surface area contributed by atoms with Crippen LogP contribution in [0.2, 0.25) is 0 Å². The fraction of sp³-hybridized carbons (Fsp3) is 0.946. The Morgan fingerprint density at radius 2 is 1.21 bits per heavy atom. The van der Waals surface area contributed by atoms with Crippen LogP contribution in [0.5, 0.6) is 0 Å². The topological polar surface area (TPSA) is 439 Å². The summed E-state index contributed by atoms with van der Waals surface area (Å²) in [5.41, 5.74) is -1.31. The average molecular weight is 1270 g/mol. The summed E-state index contributed by atoms with van der Waals surface area (Å²) in [4.78, 5) is 13.2. The number of ketones is 1. The molecule has 0 aromatic rings. The van der Waals surface area contributed by atoms with Crippen molar-refractivity contribution in [3.8, 4) is 0 Å². The molecule has 5 heterocycles. The summed E-state index contributed by atoms with van der Waals surface area (Å²) >= 11 is 0. The Labute approximate surface area is 522 Å². The quantitative estimate of drug-likeness (QED) is 0.0263. The van der Waals surface area contributed by atoms with Crippen LogP contribution in [-0.4, -0.2) is 264 Å². The molecule has 1 unspecified atom stereocenters. The van der Waals surface area contributed by atoms with Gasteiger partial charge in [0.2, 0.25) is 10.4 Å².